The number of hydrogen-bond donors (Lipinski definition) is 0. The minimum absolute atomic E-state index is 0.0181. The summed E-state index contributed by atoms with van der Waals surface area (Å²) in [5.74, 6) is 0.0844. The molecular weight excluding hydrogens is 380 g/mol. The van der Waals surface area contributed by atoms with Crippen LogP contribution in [0.15, 0.2) is 36.4 Å². The molecule has 1 aliphatic heterocycles. The molecule has 1 heterocycles. The van der Waals surface area contributed by atoms with Crippen LogP contribution in [0.3, 0.4) is 0 Å². The molecule has 0 radical (unpaired) electrons. The van der Waals surface area contributed by atoms with E-state index in [0.29, 0.717) is 36.8 Å². The topological polar surface area (TPSA) is 108 Å². The lowest BCUT2D eigenvalue weighted by atomic mass is 10.1. The molecule has 9 nitrogen and oxygen atoms in total. The zero-order valence-electron chi connectivity index (χ0n) is 16.0. The molecule has 152 valence electrons. The van der Waals surface area contributed by atoms with Crippen LogP contribution in [0.1, 0.15) is 21.5 Å². The van der Waals surface area contributed by atoms with Gasteiger partial charge in [-0.3, -0.25) is 14.9 Å². The van der Waals surface area contributed by atoms with Crippen molar-refractivity contribution in [2.75, 3.05) is 26.9 Å². The molecule has 1 amide bonds. The van der Waals surface area contributed by atoms with Gasteiger partial charge in [-0.2, -0.15) is 0 Å². The molecule has 3 rings (SSSR count). The van der Waals surface area contributed by atoms with E-state index in [9.17, 15) is 19.7 Å². The number of nitro groups is 1. The summed E-state index contributed by atoms with van der Waals surface area (Å²) >= 11 is 0. The third kappa shape index (κ3) is 4.81. The van der Waals surface area contributed by atoms with Crippen LogP contribution in [-0.4, -0.2) is 48.6 Å². The fourth-order valence-electron chi connectivity index (χ4n) is 2.80. The minimum atomic E-state index is -0.797. The van der Waals surface area contributed by atoms with Gasteiger partial charge in [-0.25, -0.2) is 4.79 Å². The Hall–Kier alpha value is -3.62. The van der Waals surface area contributed by atoms with Crippen molar-refractivity contribution in [1.82, 2.24) is 4.90 Å². The van der Waals surface area contributed by atoms with Gasteiger partial charge in [0.1, 0.15) is 13.2 Å². The van der Waals surface area contributed by atoms with Crippen molar-refractivity contribution in [3.8, 4) is 11.5 Å². The highest BCUT2D eigenvalue weighted by Gasteiger charge is 2.19. The molecule has 0 saturated carbocycles. The zero-order valence-corrected chi connectivity index (χ0v) is 16.0. The minimum Gasteiger partial charge on any atom is -0.486 e. The van der Waals surface area contributed by atoms with Crippen LogP contribution in [0.4, 0.5) is 5.69 Å². The molecule has 2 aromatic carbocycles. The number of fused-ring (bicyclic) bond motifs is 1. The van der Waals surface area contributed by atoms with Gasteiger partial charge in [-0.05, 0) is 30.7 Å². The van der Waals surface area contributed by atoms with Crippen LogP contribution >= 0.6 is 0 Å². The number of amides is 1. The van der Waals surface area contributed by atoms with Gasteiger partial charge in [-0.1, -0.05) is 12.1 Å². The Balaban J connectivity index is 1.57. The first kappa shape index (κ1) is 20.1. The van der Waals surface area contributed by atoms with E-state index in [0.717, 1.165) is 11.6 Å². The van der Waals surface area contributed by atoms with E-state index in [1.807, 2.05) is 6.07 Å². The first-order chi connectivity index (χ1) is 13.8. The Labute approximate surface area is 166 Å². The summed E-state index contributed by atoms with van der Waals surface area (Å²) < 4.78 is 16.0. The van der Waals surface area contributed by atoms with Crippen molar-refractivity contribution in [3.63, 3.8) is 0 Å². The maximum atomic E-state index is 12.3. The van der Waals surface area contributed by atoms with Gasteiger partial charge in [0.25, 0.3) is 11.6 Å². The summed E-state index contributed by atoms with van der Waals surface area (Å²) in [6, 6.07) is 9.44. The number of benzene rings is 2. The Bertz CT molecular complexity index is 958. The number of ether oxygens (including phenoxy) is 3. The Morgan fingerprint density at radius 1 is 1.14 bits per heavy atom. The van der Waals surface area contributed by atoms with Crippen LogP contribution in [0, 0.1) is 17.0 Å². The molecule has 1 aliphatic rings. The summed E-state index contributed by atoms with van der Waals surface area (Å²) in [4.78, 5) is 36.2. The average Bonchev–Trinajstić information content (AvgIpc) is 2.71. The van der Waals surface area contributed by atoms with Gasteiger partial charge >= 0.3 is 5.97 Å². The molecule has 0 atom stereocenters. The molecule has 0 N–H and O–H groups in total. The summed E-state index contributed by atoms with van der Waals surface area (Å²) in [7, 11) is 1.59. The van der Waals surface area contributed by atoms with Gasteiger partial charge < -0.3 is 19.1 Å². The predicted molar refractivity (Wildman–Crippen MR) is 102 cm³/mol. The normalized spacial score (nSPS) is 12.2. The molecule has 0 bridgehead atoms. The van der Waals surface area contributed by atoms with E-state index in [4.69, 9.17) is 14.2 Å². The molecule has 2 aromatic rings. The average molecular weight is 400 g/mol. The van der Waals surface area contributed by atoms with Gasteiger partial charge in [-0.15, -0.1) is 0 Å². The SMILES string of the molecule is Cc1ccc(C(=O)OCC(=O)N(C)Cc2ccc3c(c2)OCCO3)cc1[N+](=O)[O-]. The lowest BCUT2D eigenvalue weighted by Gasteiger charge is -2.21. The van der Waals surface area contributed by atoms with Crippen molar-refractivity contribution in [2.45, 2.75) is 13.5 Å². The number of likely N-dealkylation sites (N-methyl/N-ethyl adjacent to an activating group) is 1. The van der Waals surface area contributed by atoms with Gasteiger partial charge in [0.15, 0.2) is 18.1 Å². The van der Waals surface area contributed by atoms with E-state index in [1.165, 1.54) is 17.0 Å². The molecule has 29 heavy (non-hydrogen) atoms. The number of carbonyl (C=O) groups excluding carboxylic acids is 2. The lowest BCUT2D eigenvalue weighted by Crippen LogP contribution is -2.31. The second kappa shape index (κ2) is 8.59. The van der Waals surface area contributed by atoms with E-state index in [-0.39, 0.29) is 11.3 Å². The molecule has 0 aromatic heterocycles. The van der Waals surface area contributed by atoms with E-state index in [2.05, 4.69) is 0 Å². The number of hydrogen-bond acceptors (Lipinski definition) is 7. The summed E-state index contributed by atoms with van der Waals surface area (Å²) in [5.41, 5.74) is 1.11. The molecule has 0 aliphatic carbocycles. The number of nitrogens with zero attached hydrogens (tertiary/aromatic N) is 2. The Morgan fingerprint density at radius 2 is 1.86 bits per heavy atom. The Kier molecular flexibility index (Phi) is 5.96. The van der Waals surface area contributed by atoms with Gasteiger partial charge in [0, 0.05) is 25.2 Å². The second-order valence-electron chi connectivity index (χ2n) is 6.56. The molecular formula is C20H20N2O7. The van der Waals surface area contributed by atoms with Crippen LogP contribution in [0.5, 0.6) is 11.5 Å². The van der Waals surface area contributed by atoms with Crippen molar-refractivity contribution in [2.24, 2.45) is 0 Å². The number of esters is 1. The molecule has 0 spiro atoms. The monoisotopic (exact) mass is 400 g/mol. The first-order valence-corrected chi connectivity index (χ1v) is 8.90. The maximum Gasteiger partial charge on any atom is 0.338 e. The second-order valence-corrected chi connectivity index (χ2v) is 6.56. The number of rotatable bonds is 6. The summed E-state index contributed by atoms with van der Waals surface area (Å²) in [6.45, 7) is 2.37. The lowest BCUT2D eigenvalue weighted by molar-refractivity contribution is -0.385. The van der Waals surface area contributed by atoms with Crippen molar-refractivity contribution >= 4 is 17.6 Å². The molecule has 0 unspecified atom stereocenters. The van der Waals surface area contributed by atoms with E-state index >= 15 is 0 Å². The maximum absolute atomic E-state index is 12.3. The number of nitro benzene ring substituents is 1. The predicted octanol–water partition coefficient (Wildman–Crippen LogP) is 2.49. The van der Waals surface area contributed by atoms with E-state index < -0.39 is 23.4 Å². The third-order valence-corrected chi connectivity index (χ3v) is 4.42. The third-order valence-electron chi connectivity index (χ3n) is 4.42. The smallest absolute Gasteiger partial charge is 0.338 e. The number of carbonyl (C=O) groups is 2. The highest BCUT2D eigenvalue weighted by Crippen LogP contribution is 2.31. The number of aryl methyl sites for hydroxylation is 1. The highest BCUT2D eigenvalue weighted by molar-refractivity contribution is 5.92. The van der Waals surface area contributed by atoms with Crippen LogP contribution in [0.25, 0.3) is 0 Å². The van der Waals surface area contributed by atoms with Crippen LogP contribution < -0.4 is 9.47 Å². The zero-order chi connectivity index (χ0) is 21.0. The van der Waals surface area contributed by atoms with Crippen molar-refractivity contribution in [3.05, 3.63) is 63.2 Å². The first-order valence-electron chi connectivity index (χ1n) is 8.90. The van der Waals surface area contributed by atoms with Crippen LogP contribution in [0.2, 0.25) is 0 Å². The molecule has 0 saturated heterocycles. The fraction of sp³-hybridized carbons (Fsp3) is 0.300. The molecule has 9 heteroatoms. The Morgan fingerprint density at radius 3 is 2.59 bits per heavy atom. The quantitative estimate of drug-likeness (QED) is 0.416. The standard InChI is InChI=1S/C20H20N2O7/c1-13-3-5-15(10-16(13)22(25)26)20(24)29-12-19(23)21(2)11-14-4-6-17-18(9-14)28-8-7-27-17/h3-6,9-10H,7-8,11-12H2,1-2H3. The molecule has 0 fully saturated rings. The van der Waals surface area contributed by atoms with Gasteiger partial charge in [0.05, 0.1) is 10.5 Å². The summed E-state index contributed by atoms with van der Waals surface area (Å²) in [5, 5.41) is 11.0. The van der Waals surface area contributed by atoms with Crippen LogP contribution in [-0.2, 0) is 16.1 Å². The van der Waals surface area contributed by atoms with Crippen molar-refractivity contribution in [1.29, 1.82) is 0 Å². The fourth-order valence-corrected chi connectivity index (χ4v) is 2.80. The van der Waals surface area contributed by atoms with Gasteiger partial charge in [0.2, 0.25) is 0 Å². The summed E-state index contributed by atoms with van der Waals surface area (Å²) in [6.07, 6.45) is 0. The van der Waals surface area contributed by atoms with E-state index in [1.54, 1.807) is 26.1 Å². The highest BCUT2D eigenvalue weighted by atomic mass is 16.6. The van der Waals surface area contributed by atoms with Crippen molar-refractivity contribution < 1.29 is 28.7 Å². The largest absolute Gasteiger partial charge is 0.486 e.